The highest BCUT2D eigenvalue weighted by Crippen LogP contribution is 2.21. The van der Waals surface area contributed by atoms with Gasteiger partial charge in [-0.15, -0.1) is 11.3 Å². The third-order valence-corrected chi connectivity index (χ3v) is 4.83. The number of hydrogen-bond donors (Lipinski definition) is 2. The van der Waals surface area contributed by atoms with Crippen LogP contribution in [0.3, 0.4) is 0 Å². The minimum atomic E-state index is -3.87. The molecule has 0 aliphatic carbocycles. The second kappa shape index (κ2) is 5.16. The largest absolute Gasteiger partial charge is 0.475 e. The number of carboxylic acids is 1. The lowest BCUT2D eigenvalue weighted by Gasteiger charge is -2.10. The summed E-state index contributed by atoms with van der Waals surface area (Å²) in [4.78, 5) is 11.5. The quantitative estimate of drug-likeness (QED) is 0.881. The number of furan rings is 1. The predicted molar refractivity (Wildman–Crippen MR) is 68.7 cm³/mol. The van der Waals surface area contributed by atoms with Crippen molar-refractivity contribution in [2.75, 3.05) is 0 Å². The van der Waals surface area contributed by atoms with Crippen LogP contribution in [0.25, 0.3) is 0 Å². The normalized spacial score (nSPS) is 13.3. The molecule has 0 spiro atoms. The van der Waals surface area contributed by atoms with Gasteiger partial charge in [-0.2, -0.15) is 0 Å². The van der Waals surface area contributed by atoms with Crippen molar-refractivity contribution in [2.45, 2.75) is 18.1 Å². The molecule has 6 nitrogen and oxygen atoms in total. The molecule has 2 aromatic rings. The molecule has 0 unspecified atom stereocenters. The highest BCUT2D eigenvalue weighted by Gasteiger charge is 2.23. The molecule has 2 N–H and O–H groups in total. The lowest BCUT2D eigenvalue weighted by Crippen LogP contribution is -2.26. The number of carbonyl (C=O) groups is 1. The predicted octanol–water partition coefficient (Wildman–Crippen LogP) is 2.08. The van der Waals surface area contributed by atoms with Crippen molar-refractivity contribution in [3.05, 3.63) is 40.3 Å². The van der Waals surface area contributed by atoms with Gasteiger partial charge in [0.2, 0.25) is 10.9 Å². The molecule has 0 amide bonds. The molecule has 0 fully saturated rings. The summed E-state index contributed by atoms with van der Waals surface area (Å²) >= 11 is 1.43. The minimum Gasteiger partial charge on any atom is -0.475 e. The molecule has 0 aromatic carbocycles. The Morgan fingerprint density at radius 1 is 1.42 bits per heavy atom. The Hall–Kier alpha value is -1.64. The standard InChI is InChI=1S/C11H11NO5S2/c1-7(9-3-2-6-18-9)12-19(15,16)10-5-4-8(17-10)11(13)14/h2-7,12H,1H3,(H,13,14)/t7-/m1/s1. The molecule has 19 heavy (non-hydrogen) atoms. The Kier molecular flexibility index (Phi) is 3.74. The molecule has 2 aromatic heterocycles. The van der Waals surface area contributed by atoms with Crippen LogP contribution in [-0.4, -0.2) is 19.5 Å². The van der Waals surface area contributed by atoms with Gasteiger partial charge >= 0.3 is 5.97 Å². The van der Waals surface area contributed by atoms with E-state index < -0.39 is 32.9 Å². The SMILES string of the molecule is C[C@@H](NS(=O)(=O)c1ccc(C(=O)O)o1)c1cccs1. The molecule has 2 rings (SSSR count). The average Bonchev–Trinajstić information content (AvgIpc) is 3.00. The van der Waals surface area contributed by atoms with Crippen molar-refractivity contribution in [3.63, 3.8) is 0 Å². The molecular weight excluding hydrogens is 290 g/mol. The molecule has 102 valence electrons. The van der Waals surface area contributed by atoms with E-state index in [0.29, 0.717) is 0 Å². The van der Waals surface area contributed by atoms with E-state index in [-0.39, 0.29) is 0 Å². The number of carboxylic acid groups (broad SMARTS) is 1. The topological polar surface area (TPSA) is 96.6 Å². The first-order valence-electron chi connectivity index (χ1n) is 5.29. The third kappa shape index (κ3) is 3.03. The van der Waals surface area contributed by atoms with Crippen molar-refractivity contribution < 1.29 is 22.7 Å². The van der Waals surface area contributed by atoms with E-state index >= 15 is 0 Å². The third-order valence-electron chi connectivity index (χ3n) is 2.36. The number of rotatable bonds is 5. The molecular formula is C11H11NO5S2. The maximum Gasteiger partial charge on any atom is 0.371 e. The second-order valence-electron chi connectivity index (χ2n) is 3.78. The van der Waals surface area contributed by atoms with Crippen LogP contribution < -0.4 is 4.72 Å². The summed E-state index contributed by atoms with van der Waals surface area (Å²) in [5, 5.41) is 10.1. The van der Waals surface area contributed by atoms with Gasteiger partial charge in [0.1, 0.15) is 0 Å². The van der Waals surface area contributed by atoms with Gasteiger partial charge < -0.3 is 9.52 Å². The number of thiophene rings is 1. The number of hydrogen-bond acceptors (Lipinski definition) is 5. The zero-order valence-corrected chi connectivity index (χ0v) is 11.5. The van der Waals surface area contributed by atoms with E-state index in [4.69, 9.17) is 9.52 Å². The van der Waals surface area contributed by atoms with Crippen LogP contribution in [0.4, 0.5) is 0 Å². The summed E-state index contributed by atoms with van der Waals surface area (Å²) in [7, 11) is -3.87. The Morgan fingerprint density at radius 2 is 2.16 bits per heavy atom. The molecule has 0 aliphatic heterocycles. The van der Waals surface area contributed by atoms with Gasteiger partial charge in [0.25, 0.3) is 10.0 Å². The summed E-state index contributed by atoms with van der Waals surface area (Å²) in [6.07, 6.45) is 0. The summed E-state index contributed by atoms with van der Waals surface area (Å²) < 4.78 is 31.2. The van der Waals surface area contributed by atoms with Crippen LogP contribution in [0.5, 0.6) is 0 Å². The second-order valence-corrected chi connectivity index (χ2v) is 6.41. The minimum absolute atomic E-state index is 0.409. The summed E-state index contributed by atoms with van der Waals surface area (Å²) in [6, 6.07) is 5.44. The van der Waals surface area contributed by atoms with Gasteiger partial charge in [0.05, 0.1) is 6.04 Å². The first-order chi connectivity index (χ1) is 8.90. The first kappa shape index (κ1) is 13.8. The molecule has 2 heterocycles. The van der Waals surface area contributed by atoms with E-state index in [2.05, 4.69) is 4.72 Å². The Labute approximate surface area is 113 Å². The highest BCUT2D eigenvalue weighted by atomic mass is 32.2. The molecule has 0 radical (unpaired) electrons. The zero-order valence-electron chi connectivity index (χ0n) is 9.86. The smallest absolute Gasteiger partial charge is 0.371 e. The maximum atomic E-state index is 12.0. The van der Waals surface area contributed by atoms with Crippen molar-refractivity contribution in [3.8, 4) is 0 Å². The van der Waals surface area contributed by atoms with Crippen molar-refractivity contribution in [2.24, 2.45) is 0 Å². The Bertz CT molecular complexity index is 672. The van der Waals surface area contributed by atoms with E-state index in [0.717, 1.165) is 17.0 Å². The summed E-state index contributed by atoms with van der Waals surface area (Å²) in [5.41, 5.74) is 0. The molecule has 0 saturated heterocycles. The fraction of sp³-hybridized carbons (Fsp3) is 0.182. The average molecular weight is 301 g/mol. The fourth-order valence-electron chi connectivity index (χ4n) is 1.47. The monoisotopic (exact) mass is 301 g/mol. The first-order valence-corrected chi connectivity index (χ1v) is 7.65. The van der Waals surface area contributed by atoms with E-state index in [1.165, 1.54) is 11.3 Å². The summed E-state index contributed by atoms with van der Waals surface area (Å²) in [5.74, 6) is -1.73. The molecule has 0 bridgehead atoms. The van der Waals surface area contributed by atoms with Crippen LogP contribution >= 0.6 is 11.3 Å². The van der Waals surface area contributed by atoms with Gasteiger partial charge in [-0.05, 0) is 30.5 Å². The van der Waals surface area contributed by atoms with Crippen molar-refractivity contribution in [1.29, 1.82) is 0 Å². The molecule has 8 heteroatoms. The van der Waals surface area contributed by atoms with Crippen molar-refractivity contribution >= 4 is 27.3 Å². The zero-order chi connectivity index (χ0) is 14.0. The van der Waals surface area contributed by atoms with Crippen LogP contribution in [0, 0.1) is 0 Å². The highest BCUT2D eigenvalue weighted by molar-refractivity contribution is 7.89. The van der Waals surface area contributed by atoms with Gasteiger partial charge in [0, 0.05) is 4.88 Å². The van der Waals surface area contributed by atoms with Crippen LogP contribution in [-0.2, 0) is 10.0 Å². The summed E-state index contributed by atoms with van der Waals surface area (Å²) in [6.45, 7) is 1.70. The van der Waals surface area contributed by atoms with E-state index in [1.54, 1.807) is 6.92 Å². The van der Waals surface area contributed by atoms with Gasteiger partial charge in [0.15, 0.2) is 0 Å². The lowest BCUT2D eigenvalue weighted by atomic mass is 10.3. The lowest BCUT2D eigenvalue weighted by molar-refractivity contribution is 0.0656. The molecule has 1 atom stereocenters. The van der Waals surface area contributed by atoms with Crippen LogP contribution in [0.1, 0.15) is 28.4 Å². The maximum absolute atomic E-state index is 12.0. The van der Waals surface area contributed by atoms with E-state index in [1.807, 2.05) is 17.5 Å². The van der Waals surface area contributed by atoms with Gasteiger partial charge in [-0.3, -0.25) is 0 Å². The van der Waals surface area contributed by atoms with Crippen LogP contribution in [0.2, 0.25) is 0 Å². The van der Waals surface area contributed by atoms with E-state index in [9.17, 15) is 13.2 Å². The molecule has 0 aliphatic rings. The van der Waals surface area contributed by atoms with Crippen LogP contribution in [0.15, 0.2) is 39.2 Å². The number of sulfonamides is 1. The number of nitrogens with one attached hydrogen (secondary N) is 1. The molecule has 0 saturated carbocycles. The Morgan fingerprint density at radius 3 is 2.68 bits per heavy atom. The van der Waals surface area contributed by atoms with Gasteiger partial charge in [-0.1, -0.05) is 6.07 Å². The van der Waals surface area contributed by atoms with Crippen molar-refractivity contribution in [1.82, 2.24) is 4.72 Å². The number of aromatic carboxylic acids is 1. The Balaban J connectivity index is 2.20. The van der Waals surface area contributed by atoms with Gasteiger partial charge in [-0.25, -0.2) is 17.9 Å². The fourth-order valence-corrected chi connectivity index (χ4v) is 3.43.